The molecule has 3 aromatic rings. The summed E-state index contributed by atoms with van der Waals surface area (Å²) in [6.07, 6.45) is 1.92. The van der Waals surface area contributed by atoms with Gasteiger partial charge in [-0.25, -0.2) is 0 Å². The maximum Gasteiger partial charge on any atom is 0.121 e. The molecule has 0 aliphatic heterocycles. The minimum absolute atomic E-state index is 0.649. The Balaban J connectivity index is 1.86. The summed E-state index contributed by atoms with van der Waals surface area (Å²) in [5, 5.41) is 0. The molecule has 0 atom stereocenters. The molecule has 4 heteroatoms. The van der Waals surface area contributed by atoms with Gasteiger partial charge in [0.2, 0.25) is 0 Å². The lowest BCUT2D eigenvalue weighted by atomic mass is 10.2. The van der Waals surface area contributed by atoms with E-state index in [1.54, 1.807) is 0 Å². The van der Waals surface area contributed by atoms with Crippen LogP contribution in [0, 0.1) is 13.8 Å². The Morgan fingerprint density at radius 1 is 0.889 bits per heavy atom. The van der Waals surface area contributed by atoms with Gasteiger partial charge in [0.1, 0.15) is 11.5 Å². The maximum atomic E-state index is 5.54. The van der Waals surface area contributed by atoms with E-state index in [1.165, 1.54) is 5.69 Å². The van der Waals surface area contributed by atoms with Gasteiger partial charge in [0.05, 0.1) is 18.9 Å². The molecule has 0 bridgehead atoms. The molecule has 0 N–H and O–H groups in total. The van der Waals surface area contributed by atoms with Crippen LogP contribution in [0.2, 0.25) is 0 Å². The van der Waals surface area contributed by atoms with Crippen molar-refractivity contribution in [1.82, 2.24) is 4.57 Å². The molecule has 1 heterocycles. The van der Waals surface area contributed by atoms with Crippen LogP contribution in [0.3, 0.4) is 0 Å². The van der Waals surface area contributed by atoms with Crippen LogP contribution in [0.25, 0.3) is 5.69 Å². The van der Waals surface area contributed by atoms with Gasteiger partial charge in [-0.05, 0) is 70.2 Å². The molecule has 1 aromatic heterocycles. The van der Waals surface area contributed by atoms with Gasteiger partial charge in [-0.1, -0.05) is 6.07 Å². The van der Waals surface area contributed by atoms with E-state index in [4.69, 9.17) is 9.47 Å². The quantitative estimate of drug-likeness (QED) is 0.510. The van der Waals surface area contributed by atoms with Gasteiger partial charge in [-0.15, -0.1) is 0 Å². The Bertz CT molecular complexity index is 924. The van der Waals surface area contributed by atoms with Gasteiger partial charge in [0, 0.05) is 34.9 Å². The van der Waals surface area contributed by atoms with Crippen molar-refractivity contribution in [3.63, 3.8) is 0 Å². The Morgan fingerprint density at radius 3 is 2.30 bits per heavy atom. The molecule has 3 rings (SSSR count). The Hall–Kier alpha value is -3.01. The molecule has 27 heavy (non-hydrogen) atoms. The van der Waals surface area contributed by atoms with Crippen LogP contribution in [0.15, 0.2) is 59.6 Å². The van der Waals surface area contributed by atoms with Crippen LogP contribution in [-0.4, -0.2) is 24.0 Å². The second-order valence-electron chi connectivity index (χ2n) is 6.28. The fourth-order valence-electron chi connectivity index (χ4n) is 3.14. The first-order valence-corrected chi connectivity index (χ1v) is 9.31. The number of aromatic nitrogens is 1. The maximum absolute atomic E-state index is 5.54. The second kappa shape index (κ2) is 8.58. The van der Waals surface area contributed by atoms with Crippen molar-refractivity contribution >= 4 is 11.9 Å². The third-order valence-corrected chi connectivity index (χ3v) is 4.36. The van der Waals surface area contributed by atoms with Crippen molar-refractivity contribution in [2.45, 2.75) is 27.7 Å². The first-order valence-electron chi connectivity index (χ1n) is 9.31. The zero-order chi connectivity index (χ0) is 19.2. The molecule has 2 aromatic carbocycles. The van der Waals surface area contributed by atoms with E-state index >= 15 is 0 Å². The number of hydrogen-bond donors (Lipinski definition) is 0. The number of benzene rings is 2. The lowest BCUT2D eigenvalue weighted by molar-refractivity contribution is 0.340. The van der Waals surface area contributed by atoms with Gasteiger partial charge >= 0.3 is 0 Å². The molecule has 0 aliphatic carbocycles. The summed E-state index contributed by atoms with van der Waals surface area (Å²) in [4.78, 5) is 4.63. The van der Waals surface area contributed by atoms with Crippen LogP contribution in [0.5, 0.6) is 11.5 Å². The Morgan fingerprint density at radius 2 is 1.59 bits per heavy atom. The topological polar surface area (TPSA) is 35.8 Å². The lowest BCUT2D eigenvalue weighted by Crippen LogP contribution is -2.00. The van der Waals surface area contributed by atoms with Crippen LogP contribution in [-0.2, 0) is 0 Å². The van der Waals surface area contributed by atoms with Gasteiger partial charge in [0.15, 0.2) is 0 Å². The highest BCUT2D eigenvalue weighted by atomic mass is 16.5. The van der Waals surface area contributed by atoms with E-state index in [0.29, 0.717) is 13.2 Å². The molecule has 0 saturated heterocycles. The summed E-state index contributed by atoms with van der Waals surface area (Å²) < 4.78 is 13.3. The zero-order valence-corrected chi connectivity index (χ0v) is 16.4. The Labute approximate surface area is 161 Å². The average molecular weight is 362 g/mol. The van der Waals surface area contributed by atoms with E-state index in [2.05, 4.69) is 41.6 Å². The van der Waals surface area contributed by atoms with Gasteiger partial charge in [-0.3, -0.25) is 4.99 Å². The predicted octanol–water partition coefficient (Wildman–Crippen LogP) is 5.64. The fraction of sp³-hybridized carbons (Fsp3) is 0.261. The molecule has 0 amide bonds. The van der Waals surface area contributed by atoms with E-state index in [-0.39, 0.29) is 0 Å². The zero-order valence-electron chi connectivity index (χ0n) is 16.4. The summed E-state index contributed by atoms with van der Waals surface area (Å²) in [6, 6.07) is 18.2. The van der Waals surface area contributed by atoms with E-state index in [1.807, 2.05) is 56.5 Å². The normalized spacial score (nSPS) is 11.1. The third-order valence-electron chi connectivity index (χ3n) is 4.36. The molecule has 0 saturated carbocycles. The third kappa shape index (κ3) is 4.40. The number of hydrogen-bond acceptors (Lipinski definition) is 3. The predicted molar refractivity (Wildman–Crippen MR) is 111 cm³/mol. The average Bonchev–Trinajstić information content (AvgIpc) is 2.95. The number of ether oxygens (including phenoxy) is 2. The van der Waals surface area contributed by atoms with Crippen molar-refractivity contribution in [2.75, 3.05) is 13.2 Å². The highest BCUT2D eigenvalue weighted by Crippen LogP contribution is 2.24. The summed E-state index contributed by atoms with van der Waals surface area (Å²) in [6.45, 7) is 9.51. The fourth-order valence-corrected chi connectivity index (χ4v) is 3.14. The Kier molecular flexibility index (Phi) is 5.97. The van der Waals surface area contributed by atoms with Crippen LogP contribution >= 0.6 is 0 Å². The van der Waals surface area contributed by atoms with Crippen molar-refractivity contribution in [3.8, 4) is 17.2 Å². The minimum Gasteiger partial charge on any atom is -0.494 e. The molecular weight excluding hydrogens is 336 g/mol. The van der Waals surface area contributed by atoms with Crippen LogP contribution < -0.4 is 9.47 Å². The van der Waals surface area contributed by atoms with Crippen LogP contribution in [0.4, 0.5) is 5.69 Å². The molecule has 0 fully saturated rings. The summed E-state index contributed by atoms with van der Waals surface area (Å²) in [5.41, 5.74) is 5.42. The highest BCUT2D eigenvalue weighted by molar-refractivity contribution is 5.84. The largest absolute Gasteiger partial charge is 0.494 e. The molecule has 4 nitrogen and oxygen atoms in total. The van der Waals surface area contributed by atoms with E-state index in [9.17, 15) is 0 Å². The van der Waals surface area contributed by atoms with Gasteiger partial charge in [-0.2, -0.15) is 0 Å². The number of nitrogens with zero attached hydrogens (tertiary/aromatic N) is 2. The molecule has 0 aliphatic rings. The summed E-state index contributed by atoms with van der Waals surface area (Å²) >= 11 is 0. The van der Waals surface area contributed by atoms with Gasteiger partial charge in [0.25, 0.3) is 0 Å². The van der Waals surface area contributed by atoms with E-state index < -0.39 is 0 Å². The summed E-state index contributed by atoms with van der Waals surface area (Å²) in [7, 11) is 0. The molecule has 0 radical (unpaired) electrons. The van der Waals surface area contributed by atoms with Gasteiger partial charge < -0.3 is 14.0 Å². The smallest absolute Gasteiger partial charge is 0.121 e. The second-order valence-corrected chi connectivity index (χ2v) is 6.28. The monoisotopic (exact) mass is 362 g/mol. The molecule has 140 valence electrons. The van der Waals surface area contributed by atoms with Crippen LogP contribution in [0.1, 0.15) is 30.8 Å². The number of aliphatic imine (C=N–C) groups is 1. The minimum atomic E-state index is 0.649. The van der Waals surface area contributed by atoms with Crippen molar-refractivity contribution in [2.24, 2.45) is 4.99 Å². The number of aryl methyl sites for hydroxylation is 1. The van der Waals surface area contributed by atoms with Crippen molar-refractivity contribution < 1.29 is 9.47 Å². The summed E-state index contributed by atoms with van der Waals surface area (Å²) in [5.74, 6) is 1.73. The first kappa shape index (κ1) is 18.8. The standard InChI is InChI=1S/C23H26N2O2/c1-5-26-22-12-10-21(11-13-22)25-17(3)14-19(18(25)4)16-24-20-8-7-9-23(15-20)27-6-2/h7-16H,5-6H2,1-4H3. The van der Waals surface area contributed by atoms with E-state index in [0.717, 1.165) is 34.1 Å². The lowest BCUT2D eigenvalue weighted by Gasteiger charge is -2.11. The molecule has 0 spiro atoms. The van der Waals surface area contributed by atoms with Crippen molar-refractivity contribution in [1.29, 1.82) is 0 Å². The van der Waals surface area contributed by atoms with Crippen molar-refractivity contribution in [3.05, 3.63) is 71.5 Å². The number of rotatable bonds is 7. The molecule has 0 unspecified atom stereocenters. The SMILES string of the molecule is CCOc1ccc(-n2c(C)cc(C=Nc3cccc(OCC)c3)c2C)cc1. The first-order chi connectivity index (χ1) is 13.1. The molecular formula is C23H26N2O2. The highest BCUT2D eigenvalue weighted by Gasteiger charge is 2.09.